The molecule has 70 heavy (non-hydrogen) atoms. The van der Waals surface area contributed by atoms with Gasteiger partial charge in [-0.05, 0) is 51.0 Å². The molecule has 4 aliphatic heterocycles. The number of hydrogen-bond donors (Lipinski definition) is 0. The molecule has 0 aromatic heterocycles. The first-order valence-electron chi connectivity index (χ1n) is 26.1. The summed E-state index contributed by atoms with van der Waals surface area (Å²) in [7, 11) is 0. The summed E-state index contributed by atoms with van der Waals surface area (Å²) in [5.41, 5.74) is 3.62. The highest BCUT2D eigenvalue weighted by atomic mass is 16.6. The van der Waals surface area contributed by atoms with Gasteiger partial charge < -0.3 is 28.4 Å². The predicted molar refractivity (Wildman–Crippen MR) is 275 cm³/mol. The Balaban J connectivity index is 0.938. The number of esters is 2. The highest BCUT2D eigenvalue weighted by Crippen LogP contribution is 2.54. The van der Waals surface area contributed by atoms with E-state index in [1.54, 1.807) is 0 Å². The molecule has 9 rings (SSSR count). The van der Waals surface area contributed by atoms with Gasteiger partial charge in [-0.3, -0.25) is 0 Å². The second kappa shape index (κ2) is 25.0. The lowest BCUT2D eigenvalue weighted by atomic mass is 9.72. The van der Waals surface area contributed by atoms with Crippen LogP contribution in [0.5, 0.6) is 11.5 Å². The lowest BCUT2D eigenvalue weighted by Crippen LogP contribution is -2.37. The first-order valence-corrected chi connectivity index (χ1v) is 26.1. The van der Waals surface area contributed by atoms with Gasteiger partial charge in [-0.2, -0.15) is 0 Å². The molecule has 8 heteroatoms. The molecule has 4 aliphatic rings. The lowest BCUT2D eigenvalue weighted by Gasteiger charge is -2.37. The molecule has 0 saturated carbocycles. The topological polar surface area (TPSA) is 89.5 Å². The molecule has 0 amide bonds. The van der Waals surface area contributed by atoms with Crippen LogP contribution in [0.25, 0.3) is 0 Å². The van der Waals surface area contributed by atoms with E-state index in [2.05, 4.69) is 48.5 Å². The average molecular weight is 945 g/mol. The summed E-state index contributed by atoms with van der Waals surface area (Å²) >= 11 is 0. The van der Waals surface area contributed by atoms with Crippen LogP contribution in [0, 0.1) is 11.8 Å². The number of ether oxygens (including phenoxy) is 6. The van der Waals surface area contributed by atoms with Crippen LogP contribution in [0.3, 0.4) is 0 Å². The number of hydrogen-bond acceptors (Lipinski definition) is 8. The van der Waals surface area contributed by atoms with Crippen LogP contribution in [0.15, 0.2) is 168 Å². The van der Waals surface area contributed by atoms with Crippen LogP contribution >= 0.6 is 0 Å². The van der Waals surface area contributed by atoms with Crippen molar-refractivity contribution in [3.05, 3.63) is 191 Å². The van der Waals surface area contributed by atoms with Crippen molar-refractivity contribution in [2.24, 2.45) is 11.8 Å². The van der Waals surface area contributed by atoms with Gasteiger partial charge >= 0.3 is 11.9 Å². The van der Waals surface area contributed by atoms with Crippen LogP contribution < -0.4 is 9.47 Å². The minimum Gasteiger partial charge on any atom is -0.490 e. The van der Waals surface area contributed by atoms with Gasteiger partial charge in [0.25, 0.3) is 0 Å². The van der Waals surface area contributed by atoms with Crippen LogP contribution in [0.4, 0.5) is 0 Å². The summed E-state index contributed by atoms with van der Waals surface area (Å²) in [6.45, 7) is 4.32. The summed E-state index contributed by atoms with van der Waals surface area (Å²) < 4.78 is 37.9. The number of fused-ring (bicyclic) bond motifs is 25. The Bertz CT molecular complexity index is 2210. The van der Waals surface area contributed by atoms with Crippen molar-refractivity contribution in [1.82, 2.24) is 0 Å². The van der Waals surface area contributed by atoms with Gasteiger partial charge in [-0.1, -0.05) is 211 Å². The van der Waals surface area contributed by atoms with Gasteiger partial charge in [0.2, 0.25) is 0 Å². The summed E-state index contributed by atoms with van der Waals surface area (Å²) in [6.07, 6.45) is 18.2. The molecule has 0 fully saturated rings. The summed E-state index contributed by atoms with van der Waals surface area (Å²) in [6, 6.07) is 48.6. The molecule has 5 aromatic rings. The van der Waals surface area contributed by atoms with Crippen molar-refractivity contribution in [2.75, 3.05) is 26.4 Å². The Morgan fingerprint density at radius 3 is 0.886 bits per heavy atom. The molecule has 2 bridgehead atoms. The maximum absolute atomic E-state index is 14.2. The Labute approximate surface area is 416 Å². The number of carbonyl (C=O) groups excluding carboxylic acids is 2. The van der Waals surface area contributed by atoms with Gasteiger partial charge in [0.15, 0.2) is 11.2 Å². The van der Waals surface area contributed by atoms with E-state index in [0.29, 0.717) is 34.2 Å². The third kappa shape index (κ3) is 11.8. The molecule has 2 unspecified atom stereocenters. The van der Waals surface area contributed by atoms with E-state index in [1.165, 1.54) is 64.2 Å². The first kappa shape index (κ1) is 50.1. The van der Waals surface area contributed by atoms with Crippen LogP contribution in [0.2, 0.25) is 0 Å². The quantitative estimate of drug-likeness (QED) is 0.165. The molecule has 8 nitrogen and oxygen atoms in total. The fourth-order valence-corrected chi connectivity index (χ4v) is 11.2. The molecule has 0 N–H and O–H groups in total. The molecule has 2 atom stereocenters. The largest absolute Gasteiger partial charge is 0.490 e. The van der Waals surface area contributed by atoms with Gasteiger partial charge in [0.1, 0.15) is 49.4 Å². The highest BCUT2D eigenvalue weighted by Gasteiger charge is 2.54. The van der Waals surface area contributed by atoms with Crippen LogP contribution in [-0.4, -0.2) is 38.4 Å². The van der Waals surface area contributed by atoms with Crippen molar-refractivity contribution < 1.29 is 38.0 Å². The Morgan fingerprint density at radius 2 is 0.600 bits per heavy atom. The summed E-state index contributed by atoms with van der Waals surface area (Å²) in [5.74, 6) is 1.27. The molecular formula is C62H72O8. The monoisotopic (exact) mass is 945 g/mol. The fraction of sp³-hybridized carbons (Fsp3) is 0.419. The fourth-order valence-electron chi connectivity index (χ4n) is 11.2. The van der Waals surface area contributed by atoms with E-state index >= 15 is 0 Å². The van der Waals surface area contributed by atoms with Crippen molar-refractivity contribution in [2.45, 2.75) is 128 Å². The average Bonchev–Trinajstić information content (AvgIpc) is 3.88. The standard InChI is InChI=1S/C62H72O8/c1-47-57-55(61(69-47,49-29-19-15-20-30-49)50-31-21-16-22-32-50)37-27-13-11-9-7-5-3-4-6-8-10-12-14-28-38-56-58(48(2)70-62(56,51-33-23-17-24-34-51)52-35-25-18-26-36-52)60(64)68-46-44-66-54-41-39-53(40-42-54)65-43-45-67-59(57)63/h15-26,29-36,39-42,55-56H,3-14,27-28,37-38,43-46H2,1-2H3. The van der Waals surface area contributed by atoms with E-state index in [4.69, 9.17) is 28.4 Å². The second-order valence-corrected chi connectivity index (χ2v) is 19.2. The molecular weight excluding hydrogens is 873 g/mol. The Hall–Kier alpha value is -6.28. The maximum atomic E-state index is 14.2. The first-order chi connectivity index (χ1) is 34.4. The number of carbonyl (C=O) groups is 2. The third-order valence-corrected chi connectivity index (χ3v) is 14.5. The summed E-state index contributed by atoms with van der Waals surface area (Å²) in [4.78, 5) is 28.3. The normalized spacial score (nSPS) is 21.6. The highest BCUT2D eigenvalue weighted by molar-refractivity contribution is 5.91. The SMILES string of the molecule is CC1=C2C(=O)OCCOc3ccc(cc3)OCCOC(=O)C3=C(C)OC(c4ccccc4)(c4ccccc4)C3CCCCCCCCCCCCCCCCC2C(c2ccccc2)(c2ccccc2)O1. The number of allylic oxidation sites excluding steroid dienone is 2. The van der Waals surface area contributed by atoms with Crippen molar-refractivity contribution in [3.8, 4) is 11.5 Å². The lowest BCUT2D eigenvalue weighted by molar-refractivity contribution is -0.141. The van der Waals surface area contributed by atoms with Crippen molar-refractivity contribution in [3.63, 3.8) is 0 Å². The molecule has 0 aliphatic carbocycles. The third-order valence-electron chi connectivity index (χ3n) is 14.5. The van der Waals surface area contributed by atoms with Crippen molar-refractivity contribution in [1.29, 1.82) is 0 Å². The Kier molecular flexibility index (Phi) is 17.9. The zero-order valence-electron chi connectivity index (χ0n) is 41.4. The Morgan fingerprint density at radius 1 is 0.343 bits per heavy atom. The van der Waals surface area contributed by atoms with E-state index in [9.17, 15) is 9.59 Å². The van der Waals surface area contributed by atoms with E-state index in [1.807, 2.05) is 111 Å². The minimum absolute atomic E-state index is 0.0786. The van der Waals surface area contributed by atoms with Crippen LogP contribution in [-0.2, 0) is 39.7 Å². The summed E-state index contributed by atoms with van der Waals surface area (Å²) in [5, 5.41) is 0. The van der Waals surface area contributed by atoms with Gasteiger partial charge in [-0.15, -0.1) is 0 Å². The number of rotatable bonds is 4. The number of benzene rings is 5. The zero-order valence-corrected chi connectivity index (χ0v) is 41.4. The molecule has 5 aromatic carbocycles. The zero-order chi connectivity index (χ0) is 48.4. The van der Waals surface area contributed by atoms with E-state index in [-0.39, 0.29) is 50.2 Å². The van der Waals surface area contributed by atoms with Gasteiger partial charge in [0.05, 0.1) is 11.1 Å². The predicted octanol–water partition coefficient (Wildman–Crippen LogP) is 14.5. The van der Waals surface area contributed by atoms with E-state index in [0.717, 1.165) is 60.8 Å². The molecule has 4 heterocycles. The van der Waals surface area contributed by atoms with Gasteiger partial charge in [-0.25, -0.2) is 9.59 Å². The molecule has 0 spiro atoms. The molecule has 0 radical (unpaired) electrons. The maximum Gasteiger partial charge on any atom is 0.338 e. The smallest absolute Gasteiger partial charge is 0.338 e. The van der Waals surface area contributed by atoms with Crippen LogP contribution in [0.1, 0.15) is 139 Å². The molecule has 368 valence electrons. The molecule has 0 saturated heterocycles. The minimum atomic E-state index is -0.846. The van der Waals surface area contributed by atoms with Gasteiger partial charge in [0, 0.05) is 34.1 Å². The van der Waals surface area contributed by atoms with E-state index < -0.39 is 11.2 Å². The van der Waals surface area contributed by atoms with Crippen molar-refractivity contribution >= 4 is 11.9 Å². The second-order valence-electron chi connectivity index (χ2n) is 19.2.